The molecule has 0 amide bonds. The molecule has 0 aliphatic heterocycles. The summed E-state index contributed by atoms with van der Waals surface area (Å²) in [6, 6.07) is 5.68. The number of nitrogen functional groups attached to an aromatic ring is 1. The lowest BCUT2D eigenvalue weighted by Crippen LogP contribution is -2.05. The van der Waals surface area contributed by atoms with Gasteiger partial charge in [0.25, 0.3) is 0 Å². The van der Waals surface area contributed by atoms with Crippen molar-refractivity contribution in [3.05, 3.63) is 28.8 Å². The lowest BCUT2D eigenvalue weighted by molar-refractivity contribution is 0.271. The van der Waals surface area contributed by atoms with E-state index < -0.39 is 0 Å². The third kappa shape index (κ3) is 1.82. The summed E-state index contributed by atoms with van der Waals surface area (Å²) in [5.41, 5.74) is 8.43. The average Bonchev–Trinajstić information content (AvgIpc) is 2.70. The first-order chi connectivity index (χ1) is 9.11. The van der Waals surface area contributed by atoms with Gasteiger partial charge >= 0.3 is 0 Å². The molecule has 3 rings (SSSR count). The van der Waals surface area contributed by atoms with Gasteiger partial charge in [-0.1, -0.05) is 17.7 Å². The monoisotopic (exact) mass is 276 g/mol. The largest absolute Gasteiger partial charge is 0.394 e. The zero-order valence-corrected chi connectivity index (χ0v) is 11.1. The van der Waals surface area contributed by atoms with E-state index in [2.05, 4.69) is 10.1 Å². The van der Waals surface area contributed by atoms with E-state index in [0.29, 0.717) is 23.0 Å². The molecule has 3 N–H and O–H groups in total. The fourth-order valence-corrected chi connectivity index (χ4v) is 2.43. The SMILES string of the molecule is Cc1ccc(Cl)c2cc3c(N)nn(CCO)c3nc12. The first-order valence-corrected chi connectivity index (χ1v) is 6.32. The van der Waals surface area contributed by atoms with Crippen LogP contribution in [-0.4, -0.2) is 26.5 Å². The summed E-state index contributed by atoms with van der Waals surface area (Å²) in [5.74, 6) is 0.399. The summed E-state index contributed by atoms with van der Waals surface area (Å²) in [6.07, 6.45) is 0. The Morgan fingerprint density at radius 1 is 1.37 bits per heavy atom. The van der Waals surface area contributed by atoms with Gasteiger partial charge in [-0.05, 0) is 24.6 Å². The molecule has 0 spiro atoms. The van der Waals surface area contributed by atoms with Crippen LogP contribution < -0.4 is 5.73 Å². The van der Waals surface area contributed by atoms with Crippen LogP contribution in [0.1, 0.15) is 5.56 Å². The van der Waals surface area contributed by atoms with Gasteiger partial charge in [0.2, 0.25) is 0 Å². The summed E-state index contributed by atoms with van der Waals surface area (Å²) in [5, 5.41) is 15.5. The Labute approximate surface area is 114 Å². The van der Waals surface area contributed by atoms with E-state index in [4.69, 9.17) is 22.4 Å². The third-order valence-corrected chi connectivity index (χ3v) is 3.50. The number of hydrogen-bond acceptors (Lipinski definition) is 4. The molecule has 0 saturated heterocycles. The molecule has 2 aromatic heterocycles. The van der Waals surface area contributed by atoms with E-state index in [1.807, 2.05) is 25.1 Å². The zero-order valence-electron chi connectivity index (χ0n) is 10.4. The molecule has 6 heteroatoms. The summed E-state index contributed by atoms with van der Waals surface area (Å²) < 4.78 is 1.62. The van der Waals surface area contributed by atoms with Crippen LogP contribution in [0.3, 0.4) is 0 Å². The molecular weight excluding hydrogens is 264 g/mol. The van der Waals surface area contributed by atoms with Crippen molar-refractivity contribution in [3.8, 4) is 0 Å². The number of hydrogen-bond donors (Lipinski definition) is 2. The second-order valence-electron chi connectivity index (χ2n) is 4.45. The normalized spacial score (nSPS) is 11.5. The number of halogens is 1. The van der Waals surface area contributed by atoms with Gasteiger partial charge in [0.15, 0.2) is 11.5 Å². The number of anilines is 1. The summed E-state index contributed by atoms with van der Waals surface area (Å²) in [4.78, 5) is 4.60. The van der Waals surface area contributed by atoms with Crippen molar-refractivity contribution in [2.45, 2.75) is 13.5 Å². The Morgan fingerprint density at radius 3 is 2.89 bits per heavy atom. The number of aromatic nitrogens is 3. The number of pyridine rings is 1. The van der Waals surface area contributed by atoms with Crippen molar-refractivity contribution in [2.75, 3.05) is 12.3 Å². The molecule has 3 aromatic rings. The fourth-order valence-electron chi connectivity index (χ4n) is 2.22. The van der Waals surface area contributed by atoms with E-state index in [0.717, 1.165) is 21.9 Å². The molecule has 0 radical (unpaired) electrons. The molecule has 0 aliphatic rings. The molecular formula is C13H13ClN4O. The average molecular weight is 277 g/mol. The van der Waals surface area contributed by atoms with Crippen molar-refractivity contribution in [3.63, 3.8) is 0 Å². The van der Waals surface area contributed by atoms with Crippen LogP contribution in [0.25, 0.3) is 21.9 Å². The van der Waals surface area contributed by atoms with E-state index in [1.54, 1.807) is 4.68 Å². The molecule has 0 atom stereocenters. The number of rotatable bonds is 2. The highest BCUT2D eigenvalue weighted by Crippen LogP contribution is 2.30. The maximum Gasteiger partial charge on any atom is 0.160 e. The Kier molecular flexibility index (Phi) is 2.80. The highest BCUT2D eigenvalue weighted by Gasteiger charge is 2.13. The maximum absolute atomic E-state index is 9.05. The second-order valence-corrected chi connectivity index (χ2v) is 4.86. The highest BCUT2D eigenvalue weighted by atomic mass is 35.5. The van der Waals surface area contributed by atoms with Gasteiger partial charge in [0, 0.05) is 5.39 Å². The van der Waals surface area contributed by atoms with Crippen LogP contribution in [0.2, 0.25) is 5.02 Å². The van der Waals surface area contributed by atoms with Crippen molar-refractivity contribution in [1.82, 2.24) is 14.8 Å². The zero-order chi connectivity index (χ0) is 13.6. The van der Waals surface area contributed by atoms with Crippen molar-refractivity contribution in [2.24, 2.45) is 0 Å². The molecule has 0 bridgehead atoms. The molecule has 0 unspecified atom stereocenters. The topological polar surface area (TPSA) is 77.0 Å². The lowest BCUT2D eigenvalue weighted by Gasteiger charge is -2.05. The molecule has 98 valence electrons. The maximum atomic E-state index is 9.05. The van der Waals surface area contributed by atoms with Gasteiger partial charge in [0.1, 0.15) is 0 Å². The number of benzene rings is 1. The molecule has 0 fully saturated rings. The first-order valence-electron chi connectivity index (χ1n) is 5.94. The van der Waals surface area contributed by atoms with Crippen LogP contribution in [0, 0.1) is 6.92 Å². The first kappa shape index (κ1) is 12.2. The van der Waals surface area contributed by atoms with Crippen LogP contribution in [0.4, 0.5) is 5.82 Å². The number of fused-ring (bicyclic) bond motifs is 2. The Bertz CT molecular complexity index is 781. The smallest absolute Gasteiger partial charge is 0.160 e. The molecule has 2 heterocycles. The minimum Gasteiger partial charge on any atom is -0.394 e. The van der Waals surface area contributed by atoms with E-state index in [1.165, 1.54) is 0 Å². The highest BCUT2D eigenvalue weighted by molar-refractivity contribution is 6.35. The van der Waals surface area contributed by atoms with Gasteiger partial charge < -0.3 is 10.8 Å². The standard InChI is InChI=1S/C13H13ClN4O/c1-7-2-3-10(14)8-6-9-12(15)17-18(4-5-19)13(9)16-11(7)8/h2-3,6,19H,4-5H2,1H3,(H2,15,17). The summed E-state index contributed by atoms with van der Waals surface area (Å²) in [7, 11) is 0. The van der Waals surface area contributed by atoms with Crippen LogP contribution in [0.5, 0.6) is 0 Å². The second kappa shape index (κ2) is 4.36. The van der Waals surface area contributed by atoms with Gasteiger partial charge in [-0.3, -0.25) is 0 Å². The number of nitrogens with zero attached hydrogens (tertiary/aromatic N) is 3. The van der Waals surface area contributed by atoms with Gasteiger partial charge in [-0.15, -0.1) is 0 Å². The fraction of sp³-hybridized carbons (Fsp3) is 0.231. The minimum absolute atomic E-state index is 0.00946. The van der Waals surface area contributed by atoms with Crippen LogP contribution in [0.15, 0.2) is 18.2 Å². The minimum atomic E-state index is -0.00946. The van der Waals surface area contributed by atoms with E-state index in [-0.39, 0.29) is 6.61 Å². The predicted octanol–water partition coefficient (Wildman–Crippen LogP) is 2.12. The van der Waals surface area contributed by atoms with E-state index in [9.17, 15) is 0 Å². The third-order valence-electron chi connectivity index (χ3n) is 3.17. The van der Waals surface area contributed by atoms with Gasteiger partial charge in [-0.25, -0.2) is 9.67 Å². The van der Waals surface area contributed by atoms with Crippen molar-refractivity contribution in [1.29, 1.82) is 0 Å². The molecule has 0 saturated carbocycles. The number of nitrogens with two attached hydrogens (primary N) is 1. The van der Waals surface area contributed by atoms with Crippen LogP contribution >= 0.6 is 11.6 Å². The van der Waals surface area contributed by atoms with Crippen LogP contribution in [-0.2, 0) is 6.54 Å². The summed E-state index contributed by atoms with van der Waals surface area (Å²) in [6.45, 7) is 2.34. The summed E-state index contributed by atoms with van der Waals surface area (Å²) >= 11 is 6.20. The van der Waals surface area contributed by atoms with Crippen molar-refractivity contribution >= 4 is 39.4 Å². The van der Waals surface area contributed by atoms with Crippen molar-refractivity contribution < 1.29 is 5.11 Å². The molecule has 19 heavy (non-hydrogen) atoms. The number of aryl methyl sites for hydroxylation is 1. The van der Waals surface area contributed by atoms with E-state index >= 15 is 0 Å². The molecule has 1 aromatic carbocycles. The molecule has 5 nitrogen and oxygen atoms in total. The number of aliphatic hydroxyl groups is 1. The Hall–Kier alpha value is -1.85. The predicted molar refractivity (Wildman–Crippen MR) is 76.3 cm³/mol. The number of aliphatic hydroxyl groups excluding tert-OH is 1. The van der Waals surface area contributed by atoms with Gasteiger partial charge in [0.05, 0.1) is 29.1 Å². The molecule has 0 aliphatic carbocycles. The lowest BCUT2D eigenvalue weighted by atomic mass is 10.1. The quantitative estimate of drug-likeness (QED) is 0.752. The Balaban J connectivity index is 2.43. The Morgan fingerprint density at radius 2 is 2.16 bits per heavy atom. The van der Waals surface area contributed by atoms with Gasteiger partial charge in [-0.2, -0.15) is 5.10 Å².